The molecule has 2 unspecified atom stereocenters. The van der Waals surface area contributed by atoms with Gasteiger partial charge in [-0.1, -0.05) is 6.92 Å². The lowest BCUT2D eigenvalue weighted by Crippen LogP contribution is -2.48. The molecule has 19 heavy (non-hydrogen) atoms. The highest BCUT2D eigenvalue weighted by Crippen LogP contribution is 2.28. The van der Waals surface area contributed by atoms with Gasteiger partial charge in [0.05, 0.1) is 5.92 Å². The second kappa shape index (κ2) is 6.75. The van der Waals surface area contributed by atoms with Gasteiger partial charge >= 0.3 is 12.0 Å². The maximum atomic E-state index is 11.7. The van der Waals surface area contributed by atoms with Gasteiger partial charge in [-0.25, -0.2) is 4.79 Å². The van der Waals surface area contributed by atoms with Gasteiger partial charge in [0.25, 0.3) is 0 Å². The van der Waals surface area contributed by atoms with E-state index in [-0.39, 0.29) is 11.4 Å². The van der Waals surface area contributed by atoms with Crippen molar-refractivity contribution in [2.75, 3.05) is 19.8 Å². The van der Waals surface area contributed by atoms with Crippen LogP contribution in [-0.4, -0.2) is 42.9 Å². The fourth-order valence-electron chi connectivity index (χ4n) is 1.93. The van der Waals surface area contributed by atoms with Crippen molar-refractivity contribution in [1.29, 1.82) is 0 Å². The number of aliphatic carboxylic acids is 1. The second-order valence-electron chi connectivity index (χ2n) is 5.67. The average Bonchev–Trinajstić information content (AvgIpc) is 2.36. The summed E-state index contributed by atoms with van der Waals surface area (Å²) in [6.45, 7) is 7.43. The summed E-state index contributed by atoms with van der Waals surface area (Å²) in [6, 6.07) is -0.715. The highest BCUT2D eigenvalue weighted by atomic mass is 16.5. The van der Waals surface area contributed by atoms with E-state index in [4.69, 9.17) is 9.84 Å². The second-order valence-corrected chi connectivity index (χ2v) is 5.67. The monoisotopic (exact) mass is 272 g/mol. The molecule has 1 heterocycles. The SMILES string of the molecule is CC(NC(=O)NCC1(C)CCOCC1)C(C)C(=O)O. The molecule has 0 spiro atoms. The molecule has 0 aromatic rings. The van der Waals surface area contributed by atoms with E-state index in [0.717, 1.165) is 26.1 Å². The van der Waals surface area contributed by atoms with Crippen LogP contribution in [0.5, 0.6) is 0 Å². The summed E-state index contributed by atoms with van der Waals surface area (Å²) in [5.74, 6) is -1.52. The van der Waals surface area contributed by atoms with Crippen molar-refractivity contribution in [3.63, 3.8) is 0 Å². The van der Waals surface area contributed by atoms with Crippen LogP contribution in [0.2, 0.25) is 0 Å². The minimum Gasteiger partial charge on any atom is -0.481 e. The van der Waals surface area contributed by atoms with Gasteiger partial charge in [0.1, 0.15) is 0 Å². The van der Waals surface area contributed by atoms with Gasteiger partial charge in [-0.2, -0.15) is 0 Å². The molecule has 0 aromatic carbocycles. The summed E-state index contributed by atoms with van der Waals surface area (Å²) in [5, 5.41) is 14.3. The first-order valence-corrected chi connectivity index (χ1v) is 6.69. The van der Waals surface area contributed by atoms with E-state index in [2.05, 4.69) is 17.6 Å². The van der Waals surface area contributed by atoms with Crippen molar-refractivity contribution < 1.29 is 19.4 Å². The van der Waals surface area contributed by atoms with Gasteiger partial charge in [-0.15, -0.1) is 0 Å². The molecule has 2 amide bonds. The number of urea groups is 1. The van der Waals surface area contributed by atoms with Gasteiger partial charge in [0.2, 0.25) is 0 Å². The maximum absolute atomic E-state index is 11.7. The number of carboxylic acid groups (broad SMARTS) is 1. The third kappa shape index (κ3) is 5.06. The molecule has 2 atom stereocenters. The Morgan fingerprint density at radius 3 is 2.42 bits per heavy atom. The molecule has 1 fully saturated rings. The number of nitrogens with one attached hydrogen (secondary N) is 2. The summed E-state index contributed by atoms with van der Waals surface area (Å²) in [6.07, 6.45) is 1.85. The topological polar surface area (TPSA) is 87.7 Å². The minimum absolute atomic E-state index is 0.0667. The van der Waals surface area contributed by atoms with Crippen molar-refractivity contribution >= 4 is 12.0 Å². The van der Waals surface area contributed by atoms with E-state index in [0.29, 0.717) is 6.54 Å². The first-order valence-electron chi connectivity index (χ1n) is 6.69. The quantitative estimate of drug-likeness (QED) is 0.702. The van der Waals surface area contributed by atoms with Crippen molar-refractivity contribution in [3.8, 4) is 0 Å². The Labute approximate surface area is 113 Å². The highest BCUT2D eigenvalue weighted by Gasteiger charge is 2.28. The van der Waals surface area contributed by atoms with E-state index in [9.17, 15) is 9.59 Å². The Morgan fingerprint density at radius 2 is 1.89 bits per heavy atom. The Morgan fingerprint density at radius 1 is 1.32 bits per heavy atom. The molecule has 1 aliphatic heterocycles. The fraction of sp³-hybridized carbons (Fsp3) is 0.846. The molecule has 0 aliphatic carbocycles. The number of carbonyl (C=O) groups is 2. The summed E-state index contributed by atoms with van der Waals surface area (Å²) in [7, 11) is 0. The molecule has 0 saturated carbocycles. The Balaban J connectivity index is 2.33. The lowest BCUT2D eigenvalue weighted by molar-refractivity contribution is -0.141. The Kier molecular flexibility index (Phi) is 5.60. The molecule has 0 bridgehead atoms. The molecule has 0 aromatic heterocycles. The fourth-order valence-corrected chi connectivity index (χ4v) is 1.93. The van der Waals surface area contributed by atoms with E-state index in [1.165, 1.54) is 0 Å². The third-order valence-corrected chi connectivity index (χ3v) is 3.87. The molecule has 1 saturated heterocycles. The van der Waals surface area contributed by atoms with E-state index >= 15 is 0 Å². The first-order chi connectivity index (χ1) is 8.84. The zero-order valence-electron chi connectivity index (χ0n) is 11.9. The normalized spacial score (nSPS) is 21.2. The number of amides is 2. The lowest BCUT2D eigenvalue weighted by Gasteiger charge is -2.33. The number of carboxylic acids is 1. The van der Waals surface area contributed by atoms with Gasteiger partial charge in [0, 0.05) is 25.8 Å². The van der Waals surface area contributed by atoms with Crippen molar-refractivity contribution in [2.45, 2.75) is 39.7 Å². The van der Waals surface area contributed by atoms with Crippen LogP contribution in [0.1, 0.15) is 33.6 Å². The minimum atomic E-state index is -0.913. The standard InChI is InChI=1S/C13H24N2O4/c1-9(11(16)17)10(2)15-12(18)14-8-13(3)4-6-19-7-5-13/h9-10H,4-8H2,1-3H3,(H,16,17)(H2,14,15,18). The van der Waals surface area contributed by atoms with E-state index < -0.39 is 17.9 Å². The number of hydrogen-bond donors (Lipinski definition) is 3. The third-order valence-electron chi connectivity index (χ3n) is 3.87. The maximum Gasteiger partial charge on any atom is 0.315 e. The average molecular weight is 272 g/mol. The highest BCUT2D eigenvalue weighted by molar-refractivity contribution is 5.76. The summed E-state index contributed by atoms with van der Waals surface area (Å²) in [5.41, 5.74) is 0.0667. The lowest BCUT2D eigenvalue weighted by atomic mass is 9.82. The molecular weight excluding hydrogens is 248 g/mol. The summed E-state index contributed by atoms with van der Waals surface area (Å²) < 4.78 is 5.30. The zero-order chi connectivity index (χ0) is 14.5. The van der Waals surface area contributed by atoms with Gasteiger partial charge in [-0.3, -0.25) is 4.79 Å². The predicted octanol–water partition coefficient (Wildman–Crippen LogP) is 1.21. The van der Waals surface area contributed by atoms with Crippen LogP contribution < -0.4 is 10.6 Å². The van der Waals surface area contributed by atoms with Crippen LogP contribution >= 0.6 is 0 Å². The largest absolute Gasteiger partial charge is 0.481 e. The number of hydrogen-bond acceptors (Lipinski definition) is 3. The molecule has 6 heteroatoms. The molecule has 6 nitrogen and oxygen atoms in total. The first kappa shape index (κ1) is 15.8. The van der Waals surface area contributed by atoms with Crippen molar-refractivity contribution in [3.05, 3.63) is 0 Å². The van der Waals surface area contributed by atoms with Gasteiger partial charge < -0.3 is 20.5 Å². The van der Waals surface area contributed by atoms with Crippen molar-refractivity contribution in [2.24, 2.45) is 11.3 Å². The summed E-state index contributed by atoms with van der Waals surface area (Å²) in [4.78, 5) is 22.5. The number of rotatable bonds is 5. The molecule has 110 valence electrons. The van der Waals surface area contributed by atoms with Crippen LogP contribution in [0, 0.1) is 11.3 Å². The van der Waals surface area contributed by atoms with Gasteiger partial charge in [-0.05, 0) is 32.1 Å². The Bertz CT molecular complexity index is 327. The van der Waals surface area contributed by atoms with Crippen LogP contribution in [0.25, 0.3) is 0 Å². The molecule has 0 radical (unpaired) electrons. The molecular formula is C13H24N2O4. The van der Waals surface area contributed by atoms with Crippen LogP contribution in [0.4, 0.5) is 4.79 Å². The van der Waals surface area contributed by atoms with Gasteiger partial charge in [0.15, 0.2) is 0 Å². The molecule has 1 aliphatic rings. The predicted molar refractivity (Wildman–Crippen MR) is 71.0 cm³/mol. The van der Waals surface area contributed by atoms with Crippen LogP contribution in [-0.2, 0) is 9.53 Å². The number of carbonyl (C=O) groups excluding carboxylic acids is 1. The van der Waals surface area contributed by atoms with Crippen LogP contribution in [0.15, 0.2) is 0 Å². The van der Waals surface area contributed by atoms with Crippen molar-refractivity contribution in [1.82, 2.24) is 10.6 Å². The van der Waals surface area contributed by atoms with E-state index in [1.807, 2.05) is 0 Å². The number of ether oxygens (including phenoxy) is 1. The molecule has 3 N–H and O–H groups in total. The Hall–Kier alpha value is -1.30. The van der Waals surface area contributed by atoms with Crippen LogP contribution in [0.3, 0.4) is 0 Å². The smallest absolute Gasteiger partial charge is 0.315 e. The zero-order valence-corrected chi connectivity index (χ0v) is 11.9. The summed E-state index contributed by atoms with van der Waals surface area (Å²) >= 11 is 0. The van der Waals surface area contributed by atoms with E-state index in [1.54, 1.807) is 13.8 Å². The molecule has 1 rings (SSSR count).